The van der Waals surface area contributed by atoms with Crippen molar-refractivity contribution in [3.63, 3.8) is 0 Å². The van der Waals surface area contributed by atoms with Crippen LogP contribution in [-0.2, 0) is 0 Å². The van der Waals surface area contributed by atoms with Crippen LogP contribution in [0.5, 0.6) is 0 Å². The fourth-order valence-corrected chi connectivity index (χ4v) is 1.52. The molecule has 1 heterocycles. The Bertz CT molecular complexity index is 159. The molecule has 0 spiro atoms. The predicted octanol–water partition coefficient (Wildman–Crippen LogP) is 1.22. The van der Waals surface area contributed by atoms with Crippen LogP contribution in [0.4, 0.5) is 0 Å². The molecule has 13 heavy (non-hydrogen) atoms. The fraction of sp³-hybridized carbons (Fsp3) is 0.800. The summed E-state index contributed by atoms with van der Waals surface area (Å²) in [5, 5.41) is 8.63. The third kappa shape index (κ3) is 3.68. The summed E-state index contributed by atoms with van der Waals surface area (Å²) in [5.74, 6) is 0. The Morgan fingerprint density at radius 1 is 1.15 bits per heavy atom. The fourth-order valence-electron chi connectivity index (χ4n) is 1.52. The van der Waals surface area contributed by atoms with E-state index in [9.17, 15) is 0 Å². The zero-order chi connectivity index (χ0) is 9.52. The molecule has 1 rings (SSSR count). The SMILES string of the molecule is CCCN1C=CN(CCCCO)C1. The molecule has 3 nitrogen and oxygen atoms in total. The number of aliphatic hydroxyl groups excluding tert-OH is 1. The maximum atomic E-state index is 8.63. The number of rotatable bonds is 6. The van der Waals surface area contributed by atoms with E-state index in [0.29, 0.717) is 6.61 Å². The topological polar surface area (TPSA) is 26.7 Å². The van der Waals surface area contributed by atoms with Crippen LogP contribution in [0.2, 0.25) is 0 Å². The van der Waals surface area contributed by atoms with E-state index in [1.54, 1.807) is 0 Å². The normalized spacial score (nSPS) is 15.8. The molecule has 0 aromatic carbocycles. The van der Waals surface area contributed by atoms with Gasteiger partial charge in [0.15, 0.2) is 0 Å². The summed E-state index contributed by atoms with van der Waals surface area (Å²) in [5.41, 5.74) is 0. The summed E-state index contributed by atoms with van der Waals surface area (Å²) in [6, 6.07) is 0. The Hall–Kier alpha value is -0.700. The first-order valence-corrected chi connectivity index (χ1v) is 5.14. The number of unbranched alkanes of at least 4 members (excludes halogenated alkanes) is 1. The summed E-state index contributed by atoms with van der Waals surface area (Å²) in [4.78, 5) is 4.62. The molecule has 1 aliphatic heterocycles. The highest BCUT2D eigenvalue weighted by atomic mass is 16.2. The number of hydrogen-bond acceptors (Lipinski definition) is 3. The minimum atomic E-state index is 0.316. The Labute approximate surface area is 80.6 Å². The largest absolute Gasteiger partial charge is 0.396 e. The minimum Gasteiger partial charge on any atom is -0.396 e. The van der Waals surface area contributed by atoms with Gasteiger partial charge in [-0.25, -0.2) is 0 Å². The van der Waals surface area contributed by atoms with Crippen LogP contribution in [0.3, 0.4) is 0 Å². The van der Waals surface area contributed by atoms with Gasteiger partial charge in [0.05, 0.1) is 6.67 Å². The molecule has 0 fully saturated rings. The lowest BCUT2D eigenvalue weighted by atomic mass is 10.3. The van der Waals surface area contributed by atoms with Gasteiger partial charge in [-0.3, -0.25) is 0 Å². The summed E-state index contributed by atoms with van der Waals surface area (Å²) >= 11 is 0. The third-order valence-electron chi connectivity index (χ3n) is 2.22. The van der Waals surface area contributed by atoms with Gasteiger partial charge in [-0.2, -0.15) is 0 Å². The molecule has 1 N–H and O–H groups in total. The van der Waals surface area contributed by atoms with Crippen LogP contribution in [0.15, 0.2) is 12.4 Å². The molecule has 0 radical (unpaired) electrons. The zero-order valence-electron chi connectivity index (χ0n) is 8.45. The number of hydrogen-bond donors (Lipinski definition) is 1. The van der Waals surface area contributed by atoms with Gasteiger partial charge in [0, 0.05) is 32.1 Å². The van der Waals surface area contributed by atoms with E-state index < -0.39 is 0 Å². The van der Waals surface area contributed by atoms with E-state index in [1.807, 2.05) is 0 Å². The Morgan fingerprint density at radius 2 is 1.85 bits per heavy atom. The van der Waals surface area contributed by atoms with E-state index in [-0.39, 0.29) is 0 Å². The first-order chi connectivity index (χ1) is 6.36. The Balaban J connectivity index is 2.08. The van der Waals surface area contributed by atoms with Gasteiger partial charge in [-0.15, -0.1) is 0 Å². The Kier molecular flexibility index (Phi) is 4.68. The molecule has 76 valence electrons. The lowest BCUT2D eigenvalue weighted by molar-refractivity contribution is 0.243. The third-order valence-corrected chi connectivity index (χ3v) is 2.22. The van der Waals surface area contributed by atoms with Gasteiger partial charge in [-0.1, -0.05) is 6.92 Å². The minimum absolute atomic E-state index is 0.316. The highest BCUT2D eigenvalue weighted by Gasteiger charge is 2.09. The molecule has 0 aromatic rings. The van der Waals surface area contributed by atoms with Crippen molar-refractivity contribution in [2.24, 2.45) is 0 Å². The predicted molar refractivity (Wildman–Crippen MR) is 54.0 cm³/mol. The van der Waals surface area contributed by atoms with Crippen molar-refractivity contribution in [2.45, 2.75) is 26.2 Å². The second kappa shape index (κ2) is 5.86. The van der Waals surface area contributed by atoms with E-state index in [1.165, 1.54) is 6.42 Å². The maximum Gasteiger partial charge on any atom is 0.0893 e. The van der Waals surface area contributed by atoms with Crippen molar-refractivity contribution in [1.29, 1.82) is 0 Å². The lowest BCUT2D eigenvalue weighted by Crippen LogP contribution is -2.26. The van der Waals surface area contributed by atoms with E-state index in [0.717, 1.165) is 32.6 Å². The van der Waals surface area contributed by atoms with E-state index >= 15 is 0 Å². The van der Waals surface area contributed by atoms with Gasteiger partial charge in [-0.05, 0) is 19.3 Å². The highest BCUT2D eigenvalue weighted by molar-refractivity contribution is 4.89. The molecule has 0 saturated carbocycles. The van der Waals surface area contributed by atoms with Gasteiger partial charge in [0.2, 0.25) is 0 Å². The summed E-state index contributed by atoms with van der Waals surface area (Å²) in [6.45, 7) is 5.75. The summed E-state index contributed by atoms with van der Waals surface area (Å²) < 4.78 is 0. The smallest absolute Gasteiger partial charge is 0.0893 e. The molecule has 0 aromatic heterocycles. The van der Waals surface area contributed by atoms with Gasteiger partial charge >= 0.3 is 0 Å². The number of nitrogens with zero attached hydrogens (tertiary/aromatic N) is 2. The van der Waals surface area contributed by atoms with Gasteiger partial charge in [0.1, 0.15) is 0 Å². The first kappa shape index (κ1) is 10.4. The van der Waals surface area contributed by atoms with Crippen molar-refractivity contribution >= 4 is 0 Å². The average molecular weight is 184 g/mol. The average Bonchev–Trinajstić information content (AvgIpc) is 2.54. The van der Waals surface area contributed by atoms with Crippen molar-refractivity contribution in [3.05, 3.63) is 12.4 Å². The molecule has 0 amide bonds. The van der Waals surface area contributed by atoms with Crippen molar-refractivity contribution < 1.29 is 5.11 Å². The first-order valence-electron chi connectivity index (χ1n) is 5.14. The van der Waals surface area contributed by atoms with Crippen LogP contribution in [-0.4, -0.2) is 41.3 Å². The van der Waals surface area contributed by atoms with Crippen LogP contribution >= 0.6 is 0 Å². The van der Waals surface area contributed by atoms with Gasteiger partial charge in [0.25, 0.3) is 0 Å². The van der Waals surface area contributed by atoms with E-state index in [2.05, 4.69) is 29.1 Å². The van der Waals surface area contributed by atoms with Crippen LogP contribution < -0.4 is 0 Å². The molecular formula is C10H20N2O. The zero-order valence-corrected chi connectivity index (χ0v) is 8.45. The maximum absolute atomic E-state index is 8.63. The molecule has 0 saturated heterocycles. The van der Waals surface area contributed by atoms with Crippen LogP contribution in [0.1, 0.15) is 26.2 Å². The van der Waals surface area contributed by atoms with Gasteiger partial charge < -0.3 is 14.9 Å². The summed E-state index contributed by atoms with van der Waals surface area (Å²) in [6.07, 6.45) is 7.50. The van der Waals surface area contributed by atoms with Crippen molar-refractivity contribution in [3.8, 4) is 0 Å². The Morgan fingerprint density at radius 3 is 2.46 bits per heavy atom. The van der Waals surface area contributed by atoms with E-state index in [4.69, 9.17) is 5.11 Å². The highest BCUT2D eigenvalue weighted by Crippen LogP contribution is 2.07. The molecule has 0 atom stereocenters. The standard InChI is InChI=1S/C10H20N2O/c1-2-5-11-7-8-12(10-11)6-3-4-9-13/h7-8,13H,2-6,9-10H2,1H3. The molecule has 0 aliphatic carbocycles. The lowest BCUT2D eigenvalue weighted by Gasteiger charge is -2.20. The monoisotopic (exact) mass is 184 g/mol. The van der Waals surface area contributed by atoms with Crippen molar-refractivity contribution in [2.75, 3.05) is 26.4 Å². The molecular weight excluding hydrogens is 164 g/mol. The molecule has 3 heteroatoms. The second-order valence-corrected chi connectivity index (χ2v) is 3.50. The molecule has 0 bridgehead atoms. The quantitative estimate of drug-likeness (QED) is 0.629. The summed E-state index contributed by atoms with van der Waals surface area (Å²) in [7, 11) is 0. The molecule has 0 unspecified atom stereocenters. The molecule has 1 aliphatic rings. The van der Waals surface area contributed by atoms with Crippen LogP contribution in [0, 0.1) is 0 Å². The van der Waals surface area contributed by atoms with Crippen LogP contribution in [0.25, 0.3) is 0 Å². The second-order valence-electron chi connectivity index (χ2n) is 3.50. The van der Waals surface area contributed by atoms with Crippen molar-refractivity contribution in [1.82, 2.24) is 9.80 Å². The number of aliphatic hydroxyl groups is 1.